The van der Waals surface area contributed by atoms with Crippen molar-refractivity contribution in [1.82, 2.24) is 16.0 Å². The monoisotopic (exact) mass is 388 g/mol. The van der Waals surface area contributed by atoms with Crippen LogP contribution in [0.2, 0.25) is 0 Å². The minimum atomic E-state index is -0.665. The summed E-state index contributed by atoms with van der Waals surface area (Å²) in [5, 5.41) is 7.57. The van der Waals surface area contributed by atoms with Crippen LogP contribution >= 0.6 is 12.4 Å². The van der Waals surface area contributed by atoms with Crippen molar-refractivity contribution in [3.05, 3.63) is 35.1 Å². The maximum atomic E-state index is 13.4. The van der Waals surface area contributed by atoms with Crippen molar-refractivity contribution in [1.29, 1.82) is 0 Å². The van der Waals surface area contributed by atoms with Crippen molar-refractivity contribution in [3.63, 3.8) is 0 Å². The smallest absolute Gasteiger partial charge is 0.251 e. The highest BCUT2D eigenvalue weighted by atomic mass is 35.5. The Hall–Kier alpha value is -2.19. The fourth-order valence-electron chi connectivity index (χ4n) is 1.86. The van der Waals surface area contributed by atoms with E-state index in [1.165, 1.54) is 12.1 Å². The van der Waals surface area contributed by atoms with E-state index in [0.29, 0.717) is 5.56 Å². The molecular formula is C17H26ClFN4O3. The van der Waals surface area contributed by atoms with Crippen LogP contribution in [0.5, 0.6) is 0 Å². The standard InChI is InChI=1S/C17H25FN4O3.ClH/c1-10(2)15(19)17(25)22-9-14(23)20-6-7-21-16(24)12-5-4-11(3)13(18)8-12;/h4-5,8,10,15H,6-7,9,19H2,1-3H3,(H,20,23)(H,21,24)(H,22,25);1H/t15-;/m0./s1. The molecule has 0 fully saturated rings. The summed E-state index contributed by atoms with van der Waals surface area (Å²) in [6.45, 7) is 5.42. The molecule has 0 aliphatic carbocycles. The molecule has 0 saturated heterocycles. The van der Waals surface area contributed by atoms with Crippen molar-refractivity contribution in [2.45, 2.75) is 26.8 Å². The first-order valence-corrected chi connectivity index (χ1v) is 8.06. The van der Waals surface area contributed by atoms with E-state index in [2.05, 4.69) is 16.0 Å². The molecule has 0 heterocycles. The lowest BCUT2D eigenvalue weighted by atomic mass is 10.1. The Morgan fingerprint density at radius 2 is 1.73 bits per heavy atom. The molecule has 0 saturated carbocycles. The number of benzene rings is 1. The summed E-state index contributed by atoms with van der Waals surface area (Å²) in [4.78, 5) is 35.1. The van der Waals surface area contributed by atoms with Crippen LogP contribution in [0.25, 0.3) is 0 Å². The zero-order chi connectivity index (χ0) is 19.0. The van der Waals surface area contributed by atoms with E-state index in [4.69, 9.17) is 5.73 Å². The summed E-state index contributed by atoms with van der Waals surface area (Å²) in [5.74, 6) is -1.68. The van der Waals surface area contributed by atoms with E-state index < -0.39 is 17.8 Å². The molecule has 0 unspecified atom stereocenters. The van der Waals surface area contributed by atoms with Crippen LogP contribution in [0.3, 0.4) is 0 Å². The van der Waals surface area contributed by atoms with Gasteiger partial charge in [-0.15, -0.1) is 12.4 Å². The lowest BCUT2D eigenvalue weighted by Gasteiger charge is -2.15. The second-order valence-electron chi connectivity index (χ2n) is 6.06. The molecule has 26 heavy (non-hydrogen) atoms. The van der Waals surface area contributed by atoms with Gasteiger partial charge in [0.2, 0.25) is 11.8 Å². The molecule has 7 nitrogen and oxygen atoms in total. The SMILES string of the molecule is Cc1ccc(C(=O)NCCNC(=O)CNC(=O)[C@@H](N)C(C)C)cc1F.Cl. The molecule has 1 aromatic carbocycles. The van der Waals surface area contributed by atoms with Gasteiger partial charge in [-0.25, -0.2) is 4.39 Å². The molecule has 1 atom stereocenters. The lowest BCUT2D eigenvalue weighted by Crippen LogP contribution is -2.47. The van der Waals surface area contributed by atoms with Gasteiger partial charge in [-0.3, -0.25) is 14.4 Å². The maximum Gasteiger partial charge on any atom is 0.251 e. The van der Waals surface area contributed by atoms with Crippen LogP contribution in [-0.4, -0.2) is 43.4 Å². The summed E-state index contributed by atoms with van der Waals surface area (Å²) in [6, 6.07) is 3.55. The molecule has 0 bridgehead atoms. The van der Waals surface area contributed by atoms with Crippen LogP contribution in [0.1, 0.15) is 29.8 Å². The predicted octanol–water partition coefficient (Wildman–Crippen LogP) is 0.501. The molecule has 1 rings (SSSR count). The van der Waals surface area contributed by atoms with Crippen LogP contribution in [0, 0.1) is 18.7 Å². The zero-order valence-electron chi connectivity index (χ0n) is 15.1. The van der Waals surface area contributed by atoms with Crippen molar-refractivity contribution >= 4 is 30.1 Å². The average Bonchev–Trinajstić information content (AvgIpc) is 2.57. The van der Waals surface area contributed by atoms with Crippen LogP contribution in [0.4, 0.5) is 4.39 Å². The number of nitrogens with two attached hydrogens (primary N) is 1. The van der Waals surface area contributed by atoms with Gasteiger partial charge in [-0.05, 0) is 30.5 Å². The summed E-state index contributed by atoms with van der Waals surface area (Å²) >= 11 is 0. The normalized spacial score (nSPS) is 11.3. The second kappa shape index (κ2) is 11.4. The van der Waals surface area contributed by atoms with Crippen LogP contribution in [0.15, 0.2) is 18.2 Å². The molecular weight excluding hydrogens is 363 g/mol. The lowest BCUT2D eigenvalue weighted by molar-refractivity contribution is -0.127. The zero-order valence-corrected chi connectivity index (χ0v) is 15.9. The summed E-state index contributed by atoms with van der Waals surface area (Å²) in [7, 11) is 0. The largest absolute Gasteiger partial charge is 0.353 e. The molecule has 3 amide bonds. The number of halogens is 2. The molecule has 5 N–H and O–H groups in total. The van der Waals surface area contributed by atoms with Gasteiger partial charge in [-0.2, -0.15) is 0 Å². The number of nitrogens with one attached hydrogen (secondary N) is 3. The Bertz CT molecular complexity index is 640. The third kappa shape index (κ3) is 7.79. The first-order chi connectivity index (χ1) is 11.7. The Morgan fingerprint density at radius 1 is 1.12 bits per heavy atom. The summed E-state index contributed by atoms with van der Waals surface area (Å²) in [5.41, 5.74) is 6.33. The van der Waals surface area contributed by atoms with Crippen molar-refractivity contribution in [2.75, 3.05) is 19.6 Å². The molecule has 0 aromatic heterocycles. The first kappa shape index (κ1) is 23.8. The highest BCUT2D eigenvalue weighted by Gasteiger charge is 2.17. The summed E-state index contributed by atoms with van der Waals surface area (Å²) < 4.78 is 13.4. The second-order valence-corrected chi connectivity index (χ2v) is 6.06. The maximum absolute atomic E-state index is 13.4. The molecule has 146 valence electrons. The molecule has 0 spiro atoms. The van der Waals surface area contributed by atoms with Gasteiger partial charge < -0.3 is 21.7 Å². The van der Waals surface area contributed by atoms with Crippen molar-refractivity contribution < 1.29 is 18.8 Å². The number of hydrogen-bond donors (Lipinski definition) is 4. The van der Waals surface area contributed by atoms with Gasteiger partial charge in [0.1, 0.15) is 5.82 Å². The quantitative estimate of drug-likeness (QED) is 0.486. The number of amides is 3. The Balaban J connectivity index is 0.00000625. The van der Waals surface area contributed by atoms with E-state index in [-0.39, 0.29) is 55.3 Å². The third-order valence-electron chi connectivity index (χ3n) is 3.61. The first-order valence-electron chi connectivity index (χ1n) is 8.06. The van der Waals surface area contributed by atoms with E-state index in [0.717, 1.165) is 6.07 Å². The fourth-order valence-corrected chi connectivity index (χ4v) is 1.86. The highest BCUT2D eigenvalue weighted by molar-refractivity contribution is 5.94. The average molecular weight is 389 g/mol. The van der Waals surface area contributed by atoms with Gasteiger partial charge in [0.15, 0.2) is 0 Å². The minimum Gasteiger partial charge on any atom is -0.353 e. The highest BCUT2D eigenvalue weighted by Crippen LogP contribution is 2.08. The van der Waals surface area contributed by atoms with Crippen LogP contribution in [-0.2, 0) is 9.59 Å². The number of carbonyl (C=O) groups is 3. The fraction of sp³-hybridized carbons (Fsp3) is 0.471. The van der Waals surface area contributed by atoms with Gasteiger partial charge in [0, 0.05) is 18.7 Å². The van der Waals surface area contributed by atoms with E-state index >= 15 is 0 Å². The van der Waals surface area contributed by atoms with Crippen molar-refractivity contribution in [3.8, 4) is 0 Å². The Kier molecular flexibility index (Phi) is 10.5. The van der Waals surface area contributed by atoms with Gasteiger partial charge in [0.05, 0.1) is 12.6 Å². The molecule has 0 aliphatic heterocycles. The molecule has 0 radical (unpaired) electrons. The van der Waals surface area contributed by atoms with Gasteiger partial charge in [0.25, 0.3) is 5.91 Å². The van der Waals surface area contributed by atoms with Gasteiger partial charge >= 0.3 is 0 Å². The number of rotatable bonds is 8. The Morgan fingerprint density at radius 3 is 2.31 bits per heavy atom. The third-order valence-corrected chi connectivity index (χ3v) is 3.61. The van der Waals surface area contributed by atoms with Crippen LogP contribution < -0.4 is 21.7 Å². The Labute approximate surface area is 158 Å². The molecule has 0 aliphatic rings. The predicted molar refractivity (Wildman–Crippen MR) is 99.6 cm³/mol. The molecule has 1 aromatic rings. The van der Waals surface area contributed by atoms with E-state index in [9.17, 15) is 18.8 Å². The number of aryl methyl sites for hydroxylation is 1. The van der Waals surface area contributed by atoms with E-state index in [1.807, 2.05) is 13.8 Å². The number of carbonyl (C=O) groups excluding carboxylic acids is 3. The number of hydrogen-bond acceptors (Lipinski definition) is 4. The van der Waals surface area contributed by atoms with Crippen molar-refractivity contribution in [2.24, 2.45) is 11.7 Å². The summed E-state index contributed by atoms with van der Waals surface area (Å²) in [6.07, 6.45) is 0. The molecule has 9 heteroatoms. The van der Waals surface area contributed by atoms with Gasteiger partial charge in [-0.1, -0.05) is 19.9 Å². The minimum absolute atomic E-state index is 0. The van der Waals surface area contributed by atoms with E-state index in [1.54, 1.807) is 6.92 Å². The topological polar surface area (TPSA) is 113 Å².